The minimum Gasteiger partial charge on any atom is -0.309 e. The molecule has 6 rings (SSSR count). The molecule has 34 heavy (non-hydrogen) atoms. The molecule has 2 heteroatoms. The van der Waals surface area contributed by atoms with Gasteiger partial charge in [-0.3, -0.25) is 0 Å². The minimum atomic E-state index is -2.97. The van der Waals surface area contributed by atoms with E-state index in [1.54, 1.807) is 0 Å². The van der Waals surface area contributed by atoms with E-state index < -0.39 is 7.14 Å². The Hall–Kier alpha value is -3.93. The zero-order chi connectivity index (χ0) is 23.0. The SMILES string of the molecule is O=P(c1ccccc1)(c1ccccc1)c1ccc(-c2cccc3cc4ccccc4cc23)cc1. The van der Waals surface area contributed by atoms with E-state index in [2.05, 4.69) is 66.7 Å². The van der Waals surface area contributed by atoms with E-state index in [4.69, 9.17) is 0 Å². The fourth-order valence-electron chi connectivity index (χ4n) is 4.79. The highest BCUT2D eigenvalue weighted by Gasteiger charge is 2.29. The third kappa shape index (κ3) is 3.46. The molecule has 1 nitrogen and oxygen atoms in total. The van der Waals surface area contributed by atoms with Crippen molar-refractivity contribution in [3.8, 4) is 11.1 Å². The van der Waals surface area contributed by atoms with Gasteiger partial charge in [0.25, 0.3) is 0 Å². The van der Waals surface area contributed by atoms with E-state index in [0.29, 0.717) is 0 Å². The molecule has 0 heterocycles. The van der Waals surface area contributed by atoms with Crippen LogP contribution in [0.2, 0.25) is 0 Å². The van der Waals surface area contributed by atoms with Gasteiger partial charge >= 0.3 is 0 Å². The summed E-state index contributed by atoms with van der Waals surface area (Å²) >= 11 is 0. The molecule has 0 fully saturated rings. The first-order valence-corrected chi connectivity index (χ1v) is 13.2. The molecule has 0 radical (unpaired) electrons. The van der Waals surface area contributed by atoms with Crippen molar-refractivity contribution in [3.63, 3.8) is 0 Å². The Morgan fingerprint density at radius 1 is 0.412 bits per heavy atom. The average molecular weight is 455 g/mol. The molecule has 6 aromatic rings. The Morgan fingerprint density at radius 3 is 1.53 bits per heavy atom. The summed E-state index contributed by atoms with van der Waals surface area (Å²) in [6.07, 6.45) is 0. The Bertz CT molecular complexity index is 1610. The van der Waals surface area contributed by atoms with Gasteiger partial charge in [-0.15, -0.1) is 0 Å². The minimum absolute atomic E-state index is 0.847. The van der Waals surface area contributed by atoms with Crippen LogP contribution < -0.4 is 15.9 Å². The van der Waals surface area contributed by atoms with E-state index in [9.17, 15) is 4.57 Å². The molecule has 162 valence electrons. The van der Waals surface area contributed by atoms with Gasteiger partial charge in [-0.2, -0.15) is 0 Å². The lowest BCUT2D eigenvalue weighted by Crippen LogP contribution is -2.24. The summed E-state index contributed by atoms with van der Waals surface area (Å²) in [6.45, 7) is 0. The first-order chi connectivity index (χ1) is 16.7. The highest BCUT2D eigenvalue weighted by atomic mass is 31.2. The van der Waals surface area contributed by atoms with Gasteiger partial charge in [0.2, 0.25) is 0 Å². The summed E-state index contributed by atoms with van der Waals surface area (Å²) in [5.74, 6) is 0. The fourth-order valence-corrected chi connectivity index (χ4v) is 7.44. The first-order valence-electron chi connectivity index (χ1n) is 11.5. The van der Waals surface area contributed by atoms with Crippen molar-refractivity contribution in [1.82, 2.24) is 0 Å². The van der Waals surface area contributed by atoms with Crippen molar-refractivity contribution in [2.75, 3.05) is 0 Å². The molecule has 0 N–H and O–H groups in total. The van der Waals surface area contributed by atoms with Crippen LogP contribution in [0.3, 0.4) is 0 Å². The molecular weight excluding hydrogens is 431 g/mol. The predicted octanol–water partition coefficient (Wildman–Crippen LogP) is 7.30. The van der Waals surface area contributed by atoms with Crippen molar-refractivity contribution < 1.29 is 4.57 Å². The molecule has 0 aliphatic carbocycles. The van der Waals surface area contributed by atoms with Gasteiger partial charge in [0.05, 0.1) is 0 Å². The zero-order valence-corrected chi connectivity index (χ0v) is 19.5. The van der Waals surface area contributed by atoms with Crippen molar-refractivity contribution >= 4 is 44.6 Å². The van der Waals surface area contributed by atoms with Crippen molar-refractivity contribution in [2.24, 2.45) is 0 Å². The Balaban J connectivity index is 1.50. The summed E-state index contributed by atoms with van der Waals surface area (Å²) in [5, 5.41) is 7.48. The number of fused-ring (bicyclic) bond motifs is 2. The van der Waals surface area contributed by atoms with E-state index in [0.717, 1.165) is 21.5 Å². The molecule has 0 saturated carbocycles. The Labute approximate surface area is 199 Å². The summed E-state index contributed by atoms with van der Waals surface area (Å²) < 4.78 is 14.6. The summed E-state index contributed by atoms with van der Waals surface area (Å²) in [5.41, 5.74) is 2.31. The maximum Gasteiger partial charge on any atom is 0.171 e. The molecule has 6 aromatic carbocycles. The van der Waals surface area contributed by atoms with Gasteiger partial charge in [0, 0.05) is 15.9 Å². The smallest absolute Gasteiger partial charge is 0.171 e. The maximum absolute atomic E-state index is 14.6. The van der Waals surface area contributed by atoms with Crippen LogP contribution in [0.15, 0.2) is 140 Å². The molecule has 0 aliphatic heterocycles. The van der Waals surface area contributed by atoms with Crippen LogP contribution in [0.4, 0.5) is 0 Å². The van der Waals surface area contributed by atoms with Crippen LogP contribution in [-0.2, 0) is 4.57 Å². The molecule has 0 bridgehead atoms. The Kier molecular flexibility index (Phi) is 5.13. The second kappa shape index (κ2) is 8.45. The van der Waals surface area contributed by atoms with Crippen LogP contribution >= 0.6 is 7.14 Å². The number of hydrogen-bond donors (Lipinski definition) is 0. The number of hydrogen-bond acceptors (Lipinski definition) is 1. The summed E-state index contributed by atoms with van der Waals surface area (Å²) in [6, 6.07) is 47.4. The summed E-state index contributed by atoms with van der Waals surface area (Å²) in [7, 11) is -2.97. The number of benzene rings is 6. The molecule has 0 aliphatic rings. The Morgan fingerprint density at radius 2 is 0.912 bits per heavy atom. The van der Waals surface area contributed by atoms with Gasteiger partial charge in [-0.1, -0.05) is 127 Å². The third-order valence-electron chi connectivity index (χ3n) is 6.53. The lowest BCUT2D eigenvalue weighted by atomic mass is 9.96. The zero-order valence-electron chi connectivity index (χ0n) is 18.6. The lowest BCUT2D eigenvalue weighted by molar-refractivity contribution is 0.592. The van der Waals surface area contributed by atoms with E-state index in [1.807, 2.05) is 72.8 Å². The van der Waals surface area contributed by atoms with Gasteiger partial charge in [-0.05, 0) is 44.8 Å². The topological polar surface area (TPSA) is 17.1 Å². The molecular formula is C32H23OP. The maximum atomic E-state index is 14.6. The van der Waals surface area contributed by atoms with Gasteiger partial charge in [0.15, 0.2) is 7.14 Å². The third-order valence-corrected chi connectivity index (χ3v) is 9.60. The second-order valence-corrected chi connectivity index (χ2v) is 11.3. The highest BCUT2D eigenvalue weighted by molar-refractivity contribution is 7.85. The van der Waals surface area contributed by atoms with Crippen LogP contribution in [0.1, 0.15) is 0 Å². The first kappa shape index (κ1) is 20.7. The van der Waals surface area contributed by atoms with Crippen LogP contribution in [0.5, 0.6) is 0 Å². The van der Waals surface area contributed by atoms with E-state index in [1.165, 1.54) is 27.1 Å². The quantitative estimate of drug-likeness (QED) is 0.202. The molecule has 0 aromatic heterocycles. The molecule has 0 saturated heterocycles. The van der Waals surface area contributed by atoms with E-state index >= 15 is 0 Å². The monoisotopic (exact) mass is 454 g/mol. The van der Waals surface area contributed by atoms with Crippen LogP contribution in [-0.4, -0.2) is 0 Å². The highest BCUT2D eigenvalue weighted by Crippen LogP contribution is 2.42. The number of rotatable bonds is 4. The fraction of sp³-hybridized carbons (Fsp3) is 0. The van der Waals surface area contributed by atoms with Crippen LogP contribution in [0, 0.1) is 0 Å². The molecule has 0 amide bonds. The molecule has 0 atom stereocenters. The van der Waals surface area contributed by atoms with Crippen LogP contribution in [0.25, 0.3) is 32.7 Å². The molecule has 0 unspecified atom stereocenters. The standard InChI is InChI=1S/C32H23OP/c33-34(28-13-3-1-4-14-28,29-15-5-2-6-16-29)30-20-18-24(19-21-30)31-17-9-12-27-22-25-10-7-8-11-26(25)23-32(27)31/h1-23H. The van der Waals surface area contributed by atoms with Gasteiger partial charge in [-0.25, -0.2) is 0 Å². The molecule has 0 spiro atoms. The predicted molar refractivity (Wildman–Crippen MR) is 146 cm³/mol. The van der Waals surface area contributed by atoms with Crippen molar-refractivity contribution in [1.29, 1.82) is 0 Å². The van der Waals surface area contributed by atoms with Gasteiger partial charge < -0.3 is 4.57 Å². The average Bonchev–Trinajstić information content (AvgIpc) is 2.92. The van der Waals surface area contributed by atoms with Crippen molar-refractivity contribution in [2.45, 2.75) is 0 Å². The lowest BCUT2D eigenvalue weighted by Gasteiger charge is -2.20. The van der Waals surface area contributed by atoms with Gasteiger partial charge in [0.1, 0.15) is 0 Å². The summed E-state index contributed by atoms with van der Waals surface area (Å²) in [4.78, 5) is 0. The largest absolute Gasteiger partial charge is 0.309 e. The van der Waals surface area contributed by atoms with E-state index in [-0.39, 0.29) is 0 Å². The second-order valence-electron chi connectivity index (χ2n) is 8.55. The van der Waals surface area contributed by atoms with Crippen molar-refractivity contribution in [3.05, 3.63) is 140 Å². The normalized spacial score (nSPS) is 11.6.